The number of carboxylic acids is 1. The van der Waals surface area contributed by atoms with E-state index < -0.39 is 5.97 Å². The minimum absolute atomic E-state index is 0.345. The van der Waals surface area contributed by atoms with Crippen molar-refractivity contribution in [1.29, 1.82) is 0 Å². The predicted molar refractivity (Wildman–Crippen MR) is 152 cm³/mol. The highest BCUT2D eigenvalue weighted by Gasteiger charge is 1.97. The summed E-state index contributed by atoms with van der Waals surface area (Å²) in [6, 6.07) is 20.8. The Balaban J connectivity index is 0.000000358. The summed E-state index contributed by atoms with van der Waals surface area (Å²) < 4.78 is 0. The highest BCUT2D eigenvalue weighted by Crippen LogP contribution is 2.36. The molecule has 0 fully saturated rings. The average molecular weight is 503 g/mol. The van der Waals surface area contributed by atoms with E-state index in [4.69, 9.17) is 5.11 Å². The average Bonchev–Trinajstić information content (AvgIpc) is 2.86. The van der Waals surface area contributed by atoms with Crippen LogP contribution in [0.1, 0.15) is 110 Å². The summed E-state index contributed by atoms with van der Waals surface area (Å²) in [6.07, 6.45) is 20.2. The van der Waals surface area contributed by atoms with Crippen molar-refractivity contribution in [2.24, 2.45) is 0 Å². The molecule has 2 rings (SSSR count). The van der Waals surface area contributed by atoms with Gasteiger partial charge in [0.2, 0.25) is 0 Å². The summed E-state index contributed by atoms with van der Waals surface area (Å²) in [5.74, 6) is -0.653. The number of benzene rings is 2. The van der Waals surface area contributed by atoms with Gasteiger partial charge in [0.1, 0.15) is 0 Å². The Kier molecular flexibility index (Phi) is 21.0. The Hall–Kier alpha value is -1.39. The third-order valence-electron chi connectivity index (χ3n) is 5.71. The lowest BCUT2D eigenvalue weighted by Crippen LogP contribution is -1.93. The molecular formula is C30H46O2S2. The number of carbonyl (C=O) groups is 1. The van der Waals surface area contributed by atoms with E-state index in [2.05, 4.69) is 55.5 Å². The Morgan fingerprint density at radius 1 is 0.559 bits per heavy atom. The molecule has 2 aromatic carbocycles. The first-order valence-corrected chi connectivity index (χ1v) is 15.5. The molecule has 0 unspecified atom stereocenters. The predicted octanol–water partition coefficient (Wildman–Crippen LogP) is 10.8. The van der Waals surface area contributed by atoms with Crippen molar-refractivity contribution in [1.82, 2.24) is 0 Å². The number of rotatable bonds is 19. The van der Waals surface area contributed by atoms with Crippen LogP contribution < -0.4 is 0 Å². The van der Waals surface area contributed by atoms with E-state index in [9.17, 15) is 4.79 Å². The van der Waals surface area contributed by atoms with Crippen LogP contribution in [0.5, 0.6) is 0 Å². The van der Waals surface area contributed by atoms with Gasteiger partial charge < -0.3 is 5.11 Å². The van der Waals surface area contributed by atoms with Gasteiger partial charge in [0.05, 0.1) is 0 Å². The van der Waals surface area contributed by atoms with Gasteiger partial charge in [0, 0.05) is 16.2 Å². The van der Waals surface area contributed by atoms with Crippen molar-refractivity contribution in [2.45, 2.75) is 119 Å². The van der Waals surface area contributed by atoms with Crippen molar-refractivity contribution in [3.63, 3.8) is 0 Å². The normalized spacial score (nSPS) is 10.5. The van der Waals surface area contributed by atoms with Crippen molar-refractivity contribution in [2.75, 3.05) is 0 Å². The number of hydrogen-bond acceptors (Lipinski definition) is 3. The number of carboxylic acid groups (broad SMARTS) is 1. The first kappa shape index (κ1) is 30.6. The van der Waals surface area contributed by atoms with Crippen LogP contribution in [0, 0.1) is 0 Å². The van der Waals surface area contributed by atoms with Crippen LogP contribution in [0.3, 0.4) is 0 Å². The van der Waals surface area contributed by atoms with Gasteiger partial charge in [-0.05, 0) is 30.7 Å². The Morgan fingerprint density at radius 2 is 0.882 bits per heavy atom. The van der Waals surface area contributed by atoms with E-state index in [1.807, 2.05) is 12.1 Å². The second-order valence-corrected chi connectivity index (χ2v) is 11.2. The highest BCUT2D eigenvalue weighted by atomic mass is 33.1. The molecule has 2 aromatic rings. The third-order valence-corrected chi connectivity index (χ3v) is 8.13. The number of hydrogen-bond donors (Lipinski definition) is 1. The van der Waals surface area contributed by atoms with Gasteiger partial charge in [-0.25, -0.2) is 0 Å². The zero-order chi connectivity index (χ0) is 24.5. The fraction of sp³-hybridized carbons (Fsp3) is 0.567. The molecule has 0 heterocycles. The topological polar surface area (TPSA) is 37.3 Å². The summed E-state index contributed by atoms with van der Waals surface area (Å²) >= 11 is 0. The molecule has 1 N–H and O–H groups in total. The Morgan fingerprint density at radius 3 is 1.21 bits per heavy atom. The maximum absolute atomic E-state index is 10.3. The van der Waals surface area contributed by atoms with Gasteiger partial charge in [-0.15, -0.1) is 0 Å². The summed E-state index contributed by atoms with van der Waals surface area (Å²) in [5, 5.41) is 8.52. The van der Waals surface area contributed by atoms with Gasteiger partial charge in [-0.2, -0.15) is 0 Å². The molecule has 0 saturated heterocycles. The summed E-state index contributed by atoms with van der Waals surface area (Å²) in [7, 11) is 3.58. The van der Waals surface area contributed by atoms with Crippen molar-refractivity contribution >= 4 is 27.6 Å². The lowest BCUT2D eigenvalue weighted by Gasteiger charge is -2.03. The van der Waals surface area contributed by atoms with Crippen LogP contribution in [0.25, 0.3) is 0 Å². The minimum Gasteiger partial charge on any atom is -0.481 e. The first-order chi connectivity index (χ1) is 16.7. The smallest absolute Gasteiger partial charge is 0.303 e. The van der Waals surface area contributed by atoms with Crippen molar-refractivity contribution in [3.8, 4) is 0 Å². The van der Waals surface area contributed by atoms with Gasteiger partial charge in [-0.1, -0.05) is 155 Å². The molecule has 190 valence electrons. The first-order valence-electron chi connectivity index (χ1n) is 13.4. The molecule has 2 nitrogen and oxygen atoms in total. The summed E-state index contributed by atoms with van der Waals surface area (Å²) in [6.45, 7) is 2.27. The van der Waals surface area contributed by atoms with Gasteiger partial charge in [-0.3, -0.25) is 4.79 Å². The molecule has 0 atom stereocenters. The number of unbranched alkanes of at least 4 members (excludes halogenated alkanes) is 14. The molecule has 0 aliphatic heterocycles. The van der Waals surface area contributed by atoms with Crippen LogP contribution in [-0.4, -0.2) is 11.1 Å². The fourth-order valence-corrected chi connectivity index (χ4v) is 5.67. The molecule has 4 heteroatoms. The standard InChI is InChI=1S/C18H36O2.C12H10S2/c1-2-3-4-5-6-7-8-9-10-11-12-13-14-15-16-17-18(19)20;1-3-7-11(8-4-1)13-14-12-9-5-2-6-10-12/h2-17H2,1H3,(H,19,20);1-10H. The Bertz CT molecular complexity index is 652. The lowest BCUT2D eigenvalue weighted by molar-refractivity contribution is -0.137. The minimum atomic E-state index is -0.653. The quantitative estimate of drug-likeness (QED) is 0.153. The van der Waals surface area contributed by atoms with Crippen LogP contribution in [-0.2, 0) is 4.79 Å². The van der Waals surface area contributed by atoms with E-state index in [0.717, 1.165) is 12.8 Å². The highest BCUT2D eigenvalue weighted by molar-refractivity contribution is 8.76. The van der Waals surface area contributed by atoms with Crippen LogP contribution in [0.4, 0.5) is 0 Å². The third kappa shape index (κ3) is 20.0. The fourth-order valence-electron chi connectivity index (χ4n) is 3.70. The van der Waals surface area contributed by atoms with Gasteiger partial charge in [0.15, 0.2) is 0 Å². The molecule has 34 heavy (non-hydrogen) atoms. The molecule has 0 saturated carbocycles. The van der Waals surface area contributed by atoms with E-state index in [0.29, 0.717) is 6.42 Å². The van der Waals surface area contributed by atoms with Crippen LogP contribution in [0.15, 0.2) is 70.5 Å². The SMILES string of the molecule is CCCCCCCCCCCCCCCCCC(=O)O.c1ccc(SSc2ccccc2)cc1. The second-order valence-electron chi connectivity index (χ2n) is 8.89. The molecule has 0 radical (unpaired) electrons. The van der Waals surface area contributed by atoms with Gasteiger partial charge >= 0.3 is 5.97 Å². The Labute approximate surface area is 217 Å². The summed E-state index contributed by atoms with van der Waals surface area (Å²) in [4.78, 5) is 12.9. The van der Waals surface area contributed by atoms with Gasteiger partial charge in [0.25, 0.3) is 0 Å². The molecule has 0 spiro atoms. The molecule has 0 bridgehead atoms. The van der Waals surface area contributed by atoms with Crippen molar-refractivity contribution < 1.29 is 9.90 Å². The lowest BCUT2D eigenvalue weighted by atomic mass is 10.0. The van der Waals surface area contributed by atoms with E-state index in [-0.39, 0.29) is 0 Å². The monoisotopic (exact) mass is 502 g/mol. The van der Waals surface area contributed by atoms with Crippen LogP contribution >= 0.6 is 21.6 Å². The zero-order valence-electron chi connectivity index (χ0n) is 21.3. The molecule has 0 aliphatic carbocycles. The molecule has 0 aromatic heterocycles. The van der Waals surface area contributed by atoms with Crippen molar-refractivity contribution in [3.05, 3.63) is 60.7 Å². The molecular weight excluding hydrogens is 456 g/mol. The largest absolute Gasteiger partial charge is 0.481 e. The zero-order valence-corrected chi connectivity index (χ0v) is 22.9. The summed E-state index contributed by atoms with van der Waals surface area (Å²) in [5.41, 5.74) is 0. The maximum atomic E-state index is 10.3. The second kappa shape index (κ2) is 23.4. The van der Waals surface area contributed by atoms with E-state index in [1.54, 1.807) is 21.6 Å². The maximum Gasteiger partial charge on any atom is 0.303 e. The molecule has 0 amide bonds. The molecule has 0 aliphatic rings. The van der Waals surface area contributed by atoms with E-state index in [1.165, 1.54) is 93.3 Å². The van der Waals surface area contributed by atoms with E-state index >= 15 is 0 Å². The van der Waals surface area contributed by atoms with Crippen LogP contribution in [0.2, 0.25) is 0 Å². The number of aliphatic carboxylic acids is 1.